The Morgan fingerprint density at radius 2 is 1.67 bits per heavy atom. The van der Waals surface area contributed by atoms with E-state index < -0.39 is 24.2 Å². The molecule has 0 heterocycles. The maximum absolute atomic E-state index is 13.2. The molecule has 1 aromatic rings. The summed E-state index contributed by atoms with van der Waals surface area (Å²) in [4.78, 5) is 0. The molecule has 0 fully saturated rings. The third-order valence-electron chi connectivity index (χ3n) is 3.61. The molecule has 2 N–H and O–H groups in total. The van der Waals surface area contributed by atoms with Gasteiger partial charge in [-0.05, 0) is 35.9 Å². The topological polar surface area (TPSA) is 26.0 Å². The van der Waals surface area contributed by atoms with Gasteiger partial charge in [-0.15, -0.1) is 0 Å². The van der Waals surface area contributed by atoms with E-state index in [1.54, 1.807) is 0 Å². The third-order valence-corrected chi connectivity index (χ3v) is 3.61. The van der Waals surface area contributed by atoms with Crippen LogP contribution >= 0.6 is 0 Å². The summed E-state index contributed by atoms with van der Waals surface area (Å²) in [6, 6.07) is 7.31. The van der Waals surface area contributed by atoms with Crippen LogP contribution in [0.2, 0.25) is 0 Å². The Morgan fingerprint density at radius 1 is 1.17 bits per heavy atom. The van der Waals surface area contributed by atoms with Gasteiger partial charge in [0.2, 0.25) is 0 Å². The molecule has 100 valence electrons. The van der Waals surface area contributed by atoms with Gasteiger partial charge in [0, 0.05) is 6.42 Å². The summed E-state index contributed by atoms with van der Waals surface area (Å²) in [7, 11) is 0. The molecule has 18 heavy (non-hydrogen) atoms. The summed E-state index contributed by atoms with van der Waals surface area (Å²) in [5, 5.41) is 0. The first-order chi connectivity index (χ1) is 8.38. The number of hydrogen-bond acceptors (Lipinski definition) is 1. The molecular weight excluding hydrogens is 246 g/mol. The molecule has 2 rings (SSSR count). The van der Waals surface area contributed by atoms with Crippen molar-refractivity contribution in [2.75, 3.05) is 6.54 Å². The first-order valence-electron chi connectivity index (χ1n) is 5.81. The standard InChI is InChI=1S/C13H15F4N/c14-11(15)13(16,17)7-12(8-18)5-9-3-1-2-4-10(9)6-12/h1-4,11H,5-8,18H2. The number of benzene rings is 1. The number of fused-ring (bicyclic) bond motifs is 1. The zero-order valence-corrected chi connectivity index (χ0v) is 9.80. The molecule has 0 aliphatic heterocycles. The van der Waals surface area contributed by atoms with Gasteiger partial charge in [0.05, 0.1) is 0 Å². The zero-order chi connectivity index (χ0) is 13.4. The smallest absolute Gasteiger partial charge is 0.308 e. The van der Waals surface area contributed by atoms with E-state index in [4.69, 9.17) is 5.73 Å². The van der Waals surface area contributed by atoms with Crippen molar-refractivity contribution >= 4 is 0 Å². The lowest BCUT2D eigenvalue weighted by Crippen LogP contribution is -2.41. The minimum absolute atomic E-state index is 0.00993. The summed E-state index contributed by atoms with van der Waals surface area (Å²) in [6.45, 7) is -0.00993. The Labute approximate surface area is 103 Å². The number of alkyl halides is 4. The van der Waals surface area contributed by atoms with Crippen molar-refractivity contribution in [3.8, 4) is 0 Å². The number of hydrogen-bond donors (Lipinski definition) is 1. The Morgan fingerprint density at radius 3 is 2.06 bits per heavy atom. The normalized spacial score (nSPS) is 18.1. The van der Waals surface area contributed by atoms with Crippen LogP contribution in [0.15, 0.2) is 24.3 Å². The Hall–Kier alpha value is -1.10. The molecular formula is C13H15F4N. The van der Waals surface area contributed by atoms with Gasteiger partial charge in [0.25, 0.3) is 0 Å². The minimum atomic E-state index is -3.97. The molecule has 0 bridgehead atoms. The van der Waals surface area contributed by atoms with Crippen LogP contribution in [0.5, 0.6) is 0 Å². The van der Waals surface area contributed by atoms with Crippen LogP contribution in [0, 0.1) is 5.41 Å². The van der Waals surface area contributed by atoms with Gasteiger partial charge >= 0.3 is 12.3 Å². The first-order valence-corrected chi connectivity index (χ1v) is 5.81. The highest BCUT2D eigenvalue weighted by molar-refractivity contribution is 5.34. The largest absolute Gasteiger partial charge is 0.330 e. The molecule has 0 spiro atoms. The van der Waals surface area contributed by atoms with Crippen molar-refractivity contribution in [2.45, 2.75) is 31.6 Å². The van der Waals surface area contributed by atoms with Crippen LogP contribution in [-0.4, -0.2) is 18.9 Å². The zero-order valence-electron chi connectivity index (χ0n) is 9.80. The molecule has 0 saturated heterocycles. The average molecular weight is 261 g/mol. The number of nitrogens with two attached hydrogens (primary N) is 1. The van der Waals surface area contributed by atoms with E-state index in [0.29, 0.717) is 12.8 Å². The fraction of sp³-hybridized carbons (Fsp3) is 0.538. The van der Waals surface area contributed by atoms with E-state index in [1.165, 1.54) is 0 Å². The van der Waals surface area contributed by atoms with Crippen molar-refractivity contribution in [1.82, 2.24) is 0 Å². The highest BCUT2D eigenvalue weighted by Gasteiger charge is 2.49. The van der Waals surface area contributed by atoms with Crippen molar-refractivity contribution in [3.63, 3.8) is 0 Å². The van der Waals surface area contributed by atoms with E-state index in [-0.39, 0.29) is 6.54 Å². The van der Waals surface area contributed by atoms with E-state index in [2.05, 4.69) is 0 Å². The lowest BCUT2D eigenvalue weighted by atomic mass is 9.79. The van der Waals surface area contributed by atoms with E-state index >= 15 is 0 Å². The quantitative estimate of drug-likeness (QED) is 0.828. The van der Waals surface area contributed by atoms with Crippen LogP contribution < -0.4 is 5.73 Å². The van der Waals surface area contributed by atoms with Crippen molar-refractivity contribution in [1.29, 1.82) is 0 Å². The molecule has 1 aliphatic rings. The highest BCUT2D eigenvalue weighted by atomic mass is 19.3. The van der Waals surface area contributed by atoms with Crippen molar-refractivity contribution in [3.05, 3.63) is 35.4 Å². The third kappa shape index (κ3) is 2.36. The molecule has 0 radical (unpaired) electrons. The predicted molar refractivity (Wildman–Crippen MR) is 60.9 cm³/mol. The summed E-state index contributed by atoms with van der Waals surface area (Å²) in [5.41, 5.74) is 6.51. The van der Waals surface area contributed by atoms with Gasteiger partial charge in [-0.25, -0.2) is 17.6 Å². The summed E-state index contributed by atoms with van der Waals surface area (Å²) < 4.78 is 51.1. The molecule has 0 unspecified atom stereocenters. The second-order valence-electron chi connectivity index (χ2n) is 5.06. The van der Waals surface area contributed by atoms with E-state index in [9.17, 15) is 17.6 Å². The monoisotopic (exact) mass is 261 g/mol. The number of halogens is 4. The van der Waals surface area contributed by atoms with Gasteiger partial charge in [0.1, 0.15) is 0 Å². The van der Waals surface area contributed by atoms with Gasteiger partial charge in [-0.3, -0.25) is 0 Å². The van der Waals surface area contributed by atoms with Crippen LogP contribution in [0.1, 0.15) is 17.5 Å². The van der Waals surface area contributed by atoms with Gasteiger partial charge < -0.3 is 5.73 Å². The Kier molecular flexibility index (Phi) is 3.36. The maximum Gasteiger partial charge on any atom is 0.308 e. The minimum Gasteiger partial charge on any atom is -0.330 e. The van der Waals surface area contributed by atoms with Crippen LogP contribution in [0.25, 0.3) is 0 Å². The lowest BCUT2D eigenvalue weighted by molar-refractivity contribution is -0.150. The maximum atomic E-state index is 13.2. The summed E-state index contributed by atoms with van der Waals surface area (Å²) >= 11 is 0. The molecule has 1 nitrogen and oxygen atoms in total. The van der Waals surface area contributed by atoms with E-state index in [1.807, 2.05) is 24.3 Å². The van der Waals surface area contributed by atoms with Crippen LogP contribution in [-0.2, 0) is 12.8 Å². The SMILES string of the molecule is NCC1(CC(F)(F)C(F)F)Cc2ccccc2C1. The van der Waals surface area contributed by atoms with Crippen molar-refractivity contribution < 1.29 is 17.6 Å². The predicted octanol–water partition coefficient (Wildman–Crippen LogP) is 3.02. The Balaban J connectivity index is 2.21. The second kappa shape index (κ2) is 4.53. The number of rotatable bonds is 4. The summed E-state index contributed by atoms with van der Waals surface area (Å²) in [5.74, 6) is -3.97. The van der Waals surface area contributed by atoms with Gasteiger partial charge in [-0.2, -0.15) is 0 Å². The molecule has 0 amide bonds. The molecule has 1 aliphatic carbocycles. The fourth-order valence-corrected chi connectivity index (χ4v) is 2.69. The van der Waals surface area contributed by atoms with E-state index in [0.717, 1.165) is 11.1 Å². The summed E-state index contributed by atoms with van der Waals surface area (Å²) in [6.07, 6.45) is -3.79. The Bertz CT molecular complexity index is 406. The van der Waals surface area contributed by atoms with Crippen LogP contribution in [0.4, 0.5) is 17.6 Å². The lowest BCUT2D eigenvalue weighted by Gasteiger charge is -2.31. The molecule has 0 saturated carbocycles. The van der Waals surface area contributed by atoms with Crippen molar-refractivity contribution in [2.24, 2.45) is 11.1 Å². The van der Waals surface area contributed by atoms with Gasteiger partial charge in [-0.1, -0.05) is 24.3 Å². The van der Waals surface area contributed by atoms with Crippen LogP contribution in [0.3, 0.4) is 0 Å². The first kappa shape index (κ1) is 13.3. The molecule has 1 aromatic carbocycles. The highest BCUT2D eigenvalue weighted by Crippen LogP contribution is 2.45. The average Bonchev–Trinajstić information content (AvgIpc) is 2.66. The fourth-order valence-electron chi connectivity index (χ4n) is 2.69. The van der Waals surface area contributed by atoms with Gasteiger partial charge in [0.15, 0.2) is 0 Å². The second-order valence-corrected chi connectivity index (χ2v) is 5.06. The molecule has 5 heteroatoms. The molecule has 0 aromatic heterocycles. The molecule has 0 atom stereocenters.